The van der Waals surface area contributed by atoms with Crippen LogP contribution in [0.25, 0.3) is 10.8 Å². The van der Waals surface area contributed by atoms with Crippen LogP contribution in [-0.4, -0.2) is 19.1 Å². The molecule has 6 aromatic carbocycles. The van der Waals surface area contributed by atoms with Crippen LogP contribution in [0.1, 0.15) is 57.2 Å². The van der Waals surface area contributed by atoms with Gasteiger partial charge in [-0.05, 0) is 124 Å². The minimum atomic E-state index is 0.449. The Labute approximate surface area is 281 Å². The molecule has 3 heteroatoms. The highest BCUT2D eigenvalue weighted by Gasteiger charge is 2.27. The summed E-state index contributed by atoms with van der Waals surface area (Å²) in [6.45, 7) is 10.7. The number of benzene rings is 6. The third-order valence-corrected chi connectivity index (χ3v) is 9.24. The highest BCUT2D eigenvalue weighted by atomic mass is 15.1. The minimum Gasteiger partial charge on any atom is -0.381 e. The molecule has 0 atom stereocenters. The van der Waals surface area contributed by atoms with E-state index >= 15 is 0 Å². The van der Waals surface area contributed by atoms with Crippen molar-refractivity contribution in [2.24, 2.45) is 0 Å². The molecule has 0 spiro atoms. The largest absolute Gasteiger partial charge is 0.381 e. The van der Waals surface area contributed by atoms with Crippen LogP contribution in [0.15, 0.2) is 146 Å². The Bertz CT molecular complexity index is 1750. The fourth-order valence-electron chi connectivity index (χ4n) is 6.69. The molecule has 6 rings (SSSR count). The van der Waals surface area contributed by atoms with Gasteiger partial charge in [-0.3, -0.25) is 0 Å². The molecule has 0 aliphatic carbocycles. The molecule has 0 heterocycles. The predicted molar refractivity (Wildman–Crippen MR) is 204 cm³/mol. The average Bonchev–Trinajstić information content (AvgIpc) is 3.14. The first kappa shape index (κ1) is 31.8. The zero-order valence-electron chi connectivity index (χ0n) is 28.2. The Morgan fingerprint density at radius 1 is 0.468 bits per heavy atom. The molecule has 0 aliphatic heterocycles. The SMILES string of the molecule is CCC(CC)Nc1ccc([C+](c2ccc(N(CC)c3ccccc3)cc2)c2ccc(N(CC)c3ccccc3)cc2)c2ccccc12. The minimum absolute atomic E-state index is 0.449. The van der Waals surface area contributed by atoms with Crippen molar-refractivity contribution >= 4 is 39.2 Å². The Kier molecular flexibility index (Phi) is 10.1. The van der Waals surface area contributed by atoms with E-state index in [-0.39, 0.29) is 0 Å². The van der Waals surface area contributed by atoms with Crippen LogP contribution in [0.4, 0.5) is 28.4 Å². The van der Waals surface area contributed by atoms with Crippen molar-refractivity contribution in [2.75, 3.05) is 28.2 Å². The Morgan fingerprint density at radius 3 is 1.34 bits per heavy atom. The molecule has 0 aromatic heterocycles. The van der Waals surface area contributed by atoms with Gasteiger partial charge in [0.05, 0.1) is 39.7 Å². The van der Waals surface area contributed by atoms with Gasteiger partial charge in [-0.1, -0.05) is 62.4 Å². The number of hydrogen-bond acceptors (Lipinski definition) is 3. The highest BCUT2D eigenvalue weighted by Crippen LogP contribution is 2.40. The van der Waals surface area contributed by atoms with Crippen LogP contribution >= 0.6 is 0 Å². The second-order valence-electron chi connectivity index (χ2n) is 12.0. The molecule has 1 N–H and O–H groups in total. The van der Waals surface area contributed by atoms with Crippen molar-refractivity contribution < 1.29 is 0 Å². The first-order valence-electron chi connectivity index (χ1n) is 17.2. The molecule has 0 amide bonds. The third-order valence-electron chi connectivity index (χ3n) is 9.24. The first-order valence-corrected chi connectivity index (χ1v) is 17.2. The lowest BCUT2D eigenvalue weighted by Gasteiger charge is -2.24. The lowest BCUT2D eigenvalue weighted by atomic mass is 9.82. The average molecular weight is 617 g/mol. The normalized spacial score (nSPS) is 11.1. The fraction of sp³-hybridized carbons (Fsp3) is 0.205. The monoisotopic (exact) mass is 616 g/mol. The maximum Gasteiger partial charge on any atom is 0.0638 e. The Hall–Kier alpha value is -5.15. The van der Waals surface area contributed by atoms with Crippen molar-refractivity contribution in [3.63, 3.8) is 0 Å². The van der Waals surface area contributed by atoms with Crippen LogP contribution in [0, 0.1) is 5.92 Å². The van der Waals surface area contributed by atoms with Crippen molar-refractivity contribution in [3.8, 4) is 0 Å². The number of anilines is 5. The number of rotatable bonds is 13. The van der Waals surface area contributed by atoms with Gasteiger partial charge in [0, 0.05) is 41.3 Å². The van der Waals surface area contributed by atoms with E-state index < -0.39 is 0 Å². The molecule has 236 valence electrons. The molecule has 3 nitrogen and oxygen atoms in total. The first-order chi connectivity index (χ1) is 23.1. The van der Waals surface area contributed by atoms with Gasteiger partial charge in [0.1, 0.15) is 0 Å². The van der Waals surface area contributed by atoms with E-state index in [0.29, 0.717) is 6.04 Å². The molecule has 0 saturated carbocycles. The van der Waals surface area contributed by atoms with Gasteiger partial charge >= 0.3 is 0 Å². The van der Waals surface area contributed by atoms with Crippen molar-refractivity contribution in [2.45, 2.75) is 46.6 Å². The lowest BCUT2D eigenvalue weighted by molar-refractivity contribution is 0.672. The van der Waals surface area contributed by atoms with E-state index in [4.69, 9.17) is 0 Å². The van der Waals surface area contributed by atoms with Gasteiger partial charge in [0.15, 0.2) is 0 Å². The summed E-state index contributed by atoms with van der Waals surface area (Å²) in [5, 5.41) is 6.34. The quantitative estimate of drug-likeness (QED) is 0.103. The summed E-state index contributed by atoms with van der Waals surface area (Å²) < 4.78 is 0. The summed E-state index contributed by atoms with van der Waals surface area (Å²) in [6.07, 6.45) is 2.19. The molecular formula is C44H46N3+. The van der Waals surface area contributed by atoms with Crippen LogP contribution < -0.4 is 15.1 Å². The molecule has 0 bridgehead atoms. The van der Waals surface area contributed by atoms with Crippen LogP contribution in [0.5, 0.6) is 0 Å². The van der Waals surface area contributed by atoms with E-state index in [9.17, 15) is 0 Å². The Morgan fingerprint density at radius 2 is 0.894 bits per heavy atom. The summed E-state index contributed by atoms with van der Waals surface area (Å²) >= 11 is 0. The molecule has 47 heavy (non-hydrogen) atoms. The van der Waals surface area contributed by atoms with Gasteiger partial charge in [0.25, 0.3) is 0 Å². The van der Waals surface area contributed by atoms with Crippen LogP contribution in [0.3, 0.4) is 0 Å². The van der Waals surface area contributed by atoms with E-state index in [2.05, 4.69) is 188 Å². The van der Waals surface area contributed by atoms with E-state index in [1.807, 2.05) is 0 Å². The number of nitrogens with one attached hydrogen (secondary N) is 1. The van der Waals surface area contributed by atoms with Gasteiger partial charge in [-0.2, -0.15) is 0 Å². The number of para-hydroxylation sites is 2. The molecule has 0 aliphatic rings. The molecular weight excluding hydrogens is 571 g/mol. The van der Waals surface area contributed by atoms with Crippen molar-refractivity contribution in [1.82, 2.24) is 0 Å². The lowest BCUT2D eigenvalue weighted by Crippen LogP contribution is -2.17. The molecule has 6 aromatic rings. The fourth-order valence-corrected chi connectivity index (χ4v) is 6.69. The van der Waals surface area contributed by atoms with Gasteiger partial charge in [-0.25, -0.2) is 0 Å². The van der Waals surface area contributed by atoms with E-state index in [1.165, 1.54) is 61.8 Å². The Balaban J connectivity index is 1.45. The zero-order chi connectivity index (χ0) is 32.6. The molecule has 0 unspecified atom stereocenters. The van der Waals surface area contributed by atoms with E-state index in [1.54, 1.807) is 0 Å². The van der Waals surface area contributed by atoms with Gasteiger partial charge in [0.2, 0.25) is 0 Å². The van der Waals surface area contributed by atoms with Crippen LogP contribution in [0.2, 0.25) is 0 Å². The molecule has 0 saturated heterocycles. The van der Waals surface area contributed by atoms with E-state index in [0.717, 1.165) is 25.9 Å². The molecule has 0 radical (unpaired) electrons. The second-order valence-corrected chi connectivity index (χ2v) is 12.0. The van der Waals surface area contributed by atoms with Gasteiger partial charge < -0.3 is 15.1 Å². The topological polar surface area (TPSA) is 18.5 Å². The second kappa shape index (κ2) is 15.0. The van der Waals surface area contributed by atoms with Crippen molar-refractivity contribution in [1.29, 1.82) is 0 Å². The molecule has 0 fully saturated rings. The smallest absolute Gasteiger partial charge is 0.0638 e. The zero-order valence-corrected chi connectivity index (χ0v) is 28.2. The number of hydrogen-bond donors (Lipinski definition) is 1. The summed E-state index contributed by atoms with van der Waals surface area (Å²) in [4.78, 5) is 4.71. The summed E-state index contributed by atoms with van der Waals surface area (Å²) in [7, 11) is 0. The van der Waals surface area contributed by atoms with Gasteiger partial charge in [-0.15, -0.1) is 0 Å². The number of nitrogens with zero attached hydrogens (tertiary/aromatic N) is 2. The van der Waals surface area contributed by atoms with Crippen molar-refractivity contribution in [3.05, 3.63) is 168 Å². The number of fused-ring (bicyclic) bond motifs is 1. The highest BCUT2D eigenvalue weighted by molar-refractivity contribution is 5.98. The standard InChI is InChI=1S/C44H46N3/c1-5-35(6-2)45-43-32-31-42(40-21-15-16-22-41(40)43)44(33-23-27-38(28-24-33)46(7-3)36-17-11-9-12-18-36)34-25-29-39(30-26-34)47(8-4)37-19-13-10-14-20-37/h9-32,35,45H,5-8H2,1-4H3/q+1. The summed E-state index contributed by atoms with van der Waals surface area (Å²) in [5.41, 5.74) is 9.62. The maximum absolute atomic E-state index is 3.83. The summed E-state index contributed by atoms with van der Waals surface area (Å²) in [5.74, 6) is 1.24. The predicted octanol–water partition coefficient (Wildman–Crippen LogP) is 11.8. The summed E-state index contributed by atoms with van der Waals surface area (Å²) in [6, 6.07) is 53.4. The maximum atomic E-state index is 3.83. The van der Waals surface area contributed by atoms with Crippen LogP contribution in [-0.2, 0) is 0 Å². The third kappa shape index (κ3) is 6.85.